The third kappa shape index (κ3) is 2.32. The molecule has 1 saturated carbocycles. The average Bonchev–Trinajstić information content (AvgIpc) is 2.99. The molecule has 1 aliphatic heterocycles. The van der Waals surface area contributed by atoms with Crippen LogP contribution >= 0.6 is 0 Å². The molecule has 0 N–H and O–H groups in total. The molecule has 19 heavy (non-hydrogen) atoms. The van der Waals surface area contributed by atoms with Crippen molar-refractivity contribution in [3.05, 3.63) is 29.8 Å². The van der Waals surface area contributed by atoms with Gasteiger partial charge in [0.05, 0.1) is 4.90 Å². The second-order valence-corrected chi connectivity index (χ2v) is 7.71. The third-order valence-electron chi connectivity index (χ3n) is 4.66. The number of benzene rings is 1. The molecule has 2 unspecified atom stereocenters. The van der Waals surface area contributed by atoms with Crippen molar-refractivity contribution in [2.24, 2.45) is 11.8 Å². The minimum Gasteiger partial charge on any atom is -0.207 e. The molecule has 104 valence electrons. The molecule has 0 amide bonds. The largest absolute Gasteiger partial charge is 0.243 e. The Bertz CT molecular complexity index is 538. The Morgan fingerprint density at radius 2 is 1.68 bits per heavy atom. The quantitative estimate of drug-likeness (QED) is 0.853. The Kier molecular flexibility index (Phi) is 3.39. The van der Waals surface area contributed by atoms with Crippen LogP contribution in [0.3, 0.4) is 0 Å². The van der Waals surface area contributed by atoms with Crippen LogP contribution in [0.4, 0.5) is 0 Å². The van der Waals surface area contributed by atoms with E-state index in [4.69, 9.17) is 0 Å². The highest BCUT2D eigenvalue weighted by atomic mass is 32.2. The standard InChI is InChI=1S/C15H21NO2S/c1-2-12-6-8-15(9-7-12)19(17,18)16-10-13-4-3-5-14(13)11-16/h6-9,13-14H,2-5,10-11H2,1H3. The predicted octanol–water partition coefficient (Wildman–Crippen LogP) is 2.67. The topological polar surface area (TPSA) is 37.4 Å². The van der Waals surface area contributed by atoms with E-state index in [0.717, 1.165) is 19.5 Å². The number of fused-ring (bicyclic) bond motifs is 1. The van der Waals surface area contributed by atoms with Gasteiger partial charge in [-0.2, -0.15) is 4.31 Å². The minimum absolute atomic E-state index is 0.449. The fourth-order valence-corrected chi connectivity index (χ4v) is 4.99. The zero-order chi connectivity index (χ0) is 13.5. The zero-order valence-electron chi connectivity index (χ0n) is 11.4. The molecule has 0 bridgehead atoms. The van der Waals surface area contributed by atoms with Gasteiger partial charge in [-0.05, 0) is 48.8 Å². The van der Waals surface area contributed by atoms with Crippen LogP contribution in [0.5, 0.6) is 0 Å². The van der Waals surface area contributed by atoms with Crippen LogP contribution in [-0.2, 0) is 16.4 Å². The summed E-state index contributed by atoms with van der Waals surface area (Å²) in [6.07, 6.45) is 4.61. The van der Waals surface area contributed by atoms with Crippen molar-refractivity contribution in [3.63, 3.8) is 0 Å². The maximum absolute atomic E-state index is 12.6. The molecule has 0 aromatic heterocycles. The maximum atomic E-state index is 12.6. The molecule has 1 saturated heterocycles. The maximum Gasteiger partial charge on any atom is 0.243 e. The van der Waals surface area contributed by atoms with Gasteiger partial charge in [-0.15, -0.1) is 0 Å². The highest BCUT2D eigenvalue weighted by molar-refractivity contribution is 7.89. The number of nitrogens with zero attached hydrogens (tertiary/aromatic N) is 1. The normalized spacial score (nSPS) is 27.6. The molecule has 1 aliphatic carbocycles. The van der Waals surface area contributed by atoms with Crippen molar-refractivity contribution in [1.82, 2.24) is 4.31 Å². The summed E-state index contributed by atoms with van der Waals surface area (Å²) >= 11 is 0. The van der Waals surface area contributed by atoms with Crippen LogP contribution < -0.4 is 0 Å². The summed E-state index contributed by atoms with van der Waals surface area (Å²) in [6, 6.07) is 7.35. The first-order chi connectivity index (χ1) is 9.11. The summed E-state index contributed by atoms with van der Waals surface area (Å²) in [4.78, 5) is 0.449. The van der Waals surface area contributed by atoms with Crippen LogP contribution in [-0.4, -0.2) is 25.8 Å². The lowest BCUT2D eigenvalue weighted by atomic mass is 10.0. The Balaban J connectivity index is 1.82. The first-order valence-corrected chi connectivity index (χ1v) is 8.64. The third-order valence-corrected chi connectivity index (χ3v) is 6.51. The summed E-state index contributed by atoms with van der Waals surface area (Å²) in [7, 11) is -3.27. The second-order valence-electron chi connectivity index (χ2n) is 5.77. The van der Waals surface area contributed by atoms with Crippen molar-refractivity contribution in [1.29, 1.82) is 0 Å². The molecule has 3 nitrogen and oxygen atoms in total. The van der Waals surface area contributed by atoms with E-state index in [-0.39, 0.29) is 0 Å². The minimum atomic E-state index is -3.27. The van der Waals surface area contributed by atoms with E-state index in [2.05, 4.69) is 6.92 Å². The van der Waals surface area contributed by atoms with Crippen LogP contribution in [0.25, 0.3) is 0 Å². The summed E-state index contributed by atoms with van der Waals surface area (Å²) in [5.74, 6) is 1.20. The first kappa shape index (κ1) is 13.1. The molecule has 3 rings (SSSR count). The highest BCUT2D eigenvalue weighted by Crippen LogP contribution is 2.39. The van der Waals surface area contributed by atoms with Gasteiger partial charge < -0.3 is 0 Å². The molecule has 1 aromatic rings. The molecule has 2 aliphatic rings. The van der Waals surface area contributed by atoms with Crippen LogP contribution in [0, 0.1) is 11.8 Å². The summed E-state index contributed by atoms with van der Waals surface area (Å²) < 4.78 is 26.9. The Morgan fingerprint density at radius 3 is 2.21 bits per heavy atom. The monoisotopic (exact) mass is 279 g/mol. The predicted molar refractivity (Wildman–Crippen MR) is 75.4 cm³/mol. The van der Waals surface area contributed by atoms with Crippen molar-refractivity contribution in [3.8, 4) is 0 Å². The van der Waals surface area contributed by atoms with Gasteiger partial charge in [-0.1, -0.05) is 25.5 Å². The Labute approximate surface area is 115 Å². The molecular formula is C15H21NO2S. The smallest absolute Gasteiger partial charge is 0.207 e. The summed E-state index contributed by atoms with van der Waals surface area (Å²) in [5.41, 5.74) is 1.18. The lowest BCUT2D eigenvalue weighted by Crippen LogP contribution is -2.29. The van der Waals surface area contributed by atoms with E-state index in [1.54, 1.807) is 16.4 Å². The van der Waals surface area contributed by atoms with Crippen molar-refractivity contribution >= 4 is 10.0 Å². The molecule has 0 spiro atoms. The van der Waals surface area contributed by atoms with Gasteiger partial charge in [0.25, 0.3) is 0 Å². The van der Waals surface area contributed by atoms with Crippen LogP contribution in [0.2, 0.25) is 0 Å². The summed E-state index contributed by atoms with van der Waals surface area (Å²) in [5, 5.41) is 0. The van der Waals surface area contributed by atoms with Gasteiger partial charge in [0.1, 0.15) is 0 Å². The lowest BCUT2D eigenvalue weighted by molar-refractivity contribution is 0.445. The van der Waals surface area contributed by atoms with E-state index < -0.39 is 10.0 Å². The van der Waals surface area contributed by atoms with E-state index in [1.165, 1.54) is 24.8 Å². The van der Waals surface area contributed by atoms with Crippen molar-refractivity contribution in [2.45, 2.75) is 37.5 Å². The zero-order valence-corrected chi connectivity index (χ0v) is 12.2. The van der Waals surface area contributed by atoms with Gasteiger partial charge in [0.15, 0.2) is 0 Å². The molecular weight excluding hydrogens is 258 g/mol. The summed E-state index contributed by atoms with van der Waals surface area (Å²) in [6.45, 7) is 3.52. The first-order valence-electron chi connectivity index (χ1n) is 7.20. The van der Waals surface area contributed by atoms with E-state index in [1.807, 2.05) is 12.1 Å². The molecule has 2 atom stereocenters. The molecule has 4 heteroatoms. The number of hydrogen-bond acceptors (Lipinski definition) is 2. The number of hydrogen-bond donors (Lipinski definition) is 0. The number of rotatable bonds is 3. The highest BCUT2D eigenvalue weighted by Gasteiger charge is 2.41. The van der Waals surface area contributed by atoms with Gasteiger partial charge in [0, 0.05) is 13.1 Å². The van der Waals surface area contributed by atoms with E-state index in [0.29, 0.717) is 16.7 Å². The van der Waals surface area contributed by atoms with E-state index >= 15 is 0 Å². The molecule has 1 aromatic carbocycles. The van der Waals surface area contributed by atoms with Crippen LogP contribution in [0.1, 0.15) is 31.7 Å². The number of aryl methyl sites for hydroxylation is 1. The fourth-order valence-electron chi connectivity index (χ4n) is 3.43. The second kappa shape index (κ2) is 4.91. The average molecular weight is 279 g/mol. The van der Waals surface area contributed by atoms with Crippen molar-refractivity contribution < 1.29 is 8.42 Å². The van der Waals surface area contributed by atoms with Gasteiger partial charge in [-0.3, -0.25) is 0 Å². The molecule has 0 radical (unpaired) electrons. The van der Waals surface area contributed by atoms with E-state index in [9.17, 15) is 8.42 Å². The Morgan fingerprint density at radius 1 is 1.11 bits per heavy atom. The van der Waals surface area contributed by atoms with Crippen LogP contribution in [0.15, 0.2) is 29.2 Å². The Hall–Kier alpha value is -0.870. The van der Waals surface area contributed by atoms with Crippen molar-refractivity contribution in [2.75, 3.05) is 13.1 Å². The molecule has 1 heterocycles. The van der Waals surface area contributed by atoms with Gasteiger partial charge in [0.2, 0.25) is 10.0 Å². The van der Waals surface area contributed by atoms with Gasteiger partial charge in [-0.25, -0.2) is 8.42 Å². The fraction of sp³-hybridized carbons (Fsp3) is 0.600. The SMILES string of the molecule is CCc1ccc(S(=O)(=O)N2CC3CCCC3C2)cc1. The van der Waals surface area contributed by atoms with Gasteiger partial charge >= 0.3 is 0 Å². The number of sulfonamides is 1. The lowest BCUT2D eigenvalue weighted by Gasteiger charge is -2.17. The molecule has 2 fully saturated rings.